The van der Waals surface area contributed by atoms with Crippen molar-refractivity contribution >= 4 is 29.6 Å². The van der Waals surface area contributed by atoms with Gasteiger partial charge < -0.3 is 26.4 Å². The molecule has 0 radical (unpaired) electrons. The Morgan fingerprint density at radius 2 is 1.81 bits per heavy atom. The summed E-state index contributed by atoms with van der Waals surface area (Å²) >= 11 is 1.13. The molecular formula is C16H21N3O6S. The van der Waals surface area contributed by atoms with Crippen molar-refractivity contribution in [1.29, 1.82) is 0 Å². The van der Waals surface area contributed by atoms with E-state index in [2.05, 4.69) is 10.6 Å². The number of thioether (sulfide) groups is 1. The standard InChI is InChI=1S/C16H21N3O6S/c1-16(2)11(15(24)25)19-13(26-16)10(14(22)23)18-12(21)9(17)7-3-5-8(20)6-4-7/h3-6,9-11,13,19-20H,17H2,1-2H3,(H,18,21)(H,22,23)(H,24,25)/t9-,10-,11+,13+/m1/s1. The van der Waals surface area contributed by atoms with Crippen LogP contribution in [0.25, 0.3) is 0 Å². The number of phenolic OH excluding ortho intramolecular Hbond substituents is 1. The normalized spacial score (nSPS) is 23.8. The first-order valence-corrected chi connectivity index (χ1v) is 8.65. The monoisotopic (exact) mass is 383 g/mol. The van der Waals surface area contributed by atoms with Crippen LogP contribution in [0.15, 0.2) is 24.3 Å². The molecule has 2 rings (SSSR count). The number of rotatable bonds is 6. The van der Waals surface area contributed by atoms with Gasteiger partial charge in [-0.05, 0) is 31.5 Å². The minimum absolute atomic E-state index is 0.0123. The molecule has 1 heterocycles. The molecule has 1 fully saturated rings. The first-order chi connectivity index (χ1) is 12.0. The van der Waals surface area contributed by atoms with E-state index in [9.17, 15) is 29.7 Å². The minimum atomic E-state index is -1.36. The lowest BCUT2D eigenvalue weighted by Crippen LogP contribution is -2.55. The van der Waals surface area contributed by atoms with E-state index in [4.69, 9.17) is 5.73 Å². The van der Waals surface area contributed by atoms with Crippen molar-refractivity contribution < 1.29 is 29.7 Å². The Morgan fingerprint density at radius 1 is 1.23 bits per heavy atom. The second-order valence-electron chi connectivity index (χ2n) is 6.47. The Kier molecular flexibility index (Phi) is 5.79. The number of carbonyl (C=O) groups excluding carboxylic acids is 1. The van der Waals surface area contributed by atoms with Crippen LogP contribution < -0.4 is 16.4 Å². The van der Waals surface area contributed by atoms with E-state index in [0.717, 1.165) is 11.8 Å². The largest absolute Gasteiger partial charge is 0.508 e. The first kappa shape index (κ1) is 20.0. The molecule has 4 atom stereocenters. The van der Waals surface area contributed by atoms with Crippen molar-refractivity contribution in [3.05, 3.63) is 29.8 Å². The number of carbonyl (C=O) groups is 3. The van der Waals surface area contributed by atoms with Crippen molar-refractivity contribution in [2.45, 2.75) is 42.1 Å². The van der Waals surface area contributed by atoms with Crippen molar-refractivity contribution in [2.24, 2.45) is 5.73 Å². The molecule has 10 heteroatoms. The van der Waals surface area contributed by atoms with E-state index in [0.29, 0.717) is 5.56 Å². The van der Waals surface area contributed by atoms with Gasteiger partial charge in [-0.1, -0.05) is 12.1 Å². The average Bonchev–Trinajstić information content (AvgIpc) is 2.87. The molecule has 0 aliphatic carbocycles. The van der Waals surface area contributed by atoms with Crippen LogP contribution in [0.4, 0.5) is 0 Å². The molecule has 1 aliphatic rings. The number of carboxylic acids is 2. The molecule has 1 saturated heterocycles. The summed E-state index contributed by atoms with van der Waals surface area (Å²) in [4.78, 5) is 35.3. The number of aliphatic carboxylic acids is 2. The third-order valence-corrected chi connectivity index (χ3v) is 5.61. The predicted molar refractivity (Wildman–Crippen MR) is 94.6 cm³/mol. The second kappa shape index (κ2) is 7.52. The van der Waals surface area contributed by atoms with E-state index in [-0.39, 0.29) is 5.75 Å². The summed E-state index contributed by atoms with van der Waals surface area (Å²) in [6.07, 6.45) is 0. The summed E-state index contributed by atoms with van der Waals surface area (Å²) in [5, 5.41) is 32.3. The quantitative estimate of drug-likeness (QED) is 0.392. The molecule has 142 valence electrons. The zero-order chi connectivity index (χ0) is 19.6. The lowest BCUT2D eigenvalue weighted by molar-refractivity contribution is -0.143. The molecule has 1 aliphatic heterocycles. The molecule has 0 saturated carbocycles. The molecule has 7 N–H and O–H groups in total. The topological polar surface area (TPSA) is 162 Å². The van der Waals surface area contributed by atoms with Gasteiger partial charge in [-0.3, -0.25) is 14.9 Å². The molecule has 0 spiro atoms. The highest BCUT2D eigenvalue weighted by atomic mass is 32.2. The van der Waals surface area contributed by atoms with Crippen molar-refractivity contribution in [3.63, 3.8) is 0 Å². The van der Waals surface area contributed by atoms with Crippen LogP contribution in [0.3, 0.4) is 0 Å². The van der Waals surface area contributed by atoms with Gasteiger partial charge in [0.2, 0.25) is 5.91 Å². The summed E-state index contributed by atoms with van der Waals surface area (Å²) in [6.45, 7) is 3.37. The van der Waals surface area contributed by atoms with E-state index >= 15 is 0 Å². The number of carboxylic acid groups (broad SMARTS) is 2. The molecular weight excluding hydrogens is 362 g/mol. The summed E-state index contributed by atoms with van der Waals surface area (Å²) in [6, 6.07) is 2.20. The maximum Gasteiger partial charge on any atom is 0.328 e. The SMILES string of the molecule is CC1(C)S[C@@H]([C@@H](NC(=O)[C@H](N)c2ccc(O)cc2)C(=O)O)N[C@H]1C(=O)O. The predicted octanol–water partition coefficient (Wildman–Crippen LogP) is -0.144. The molecule has 26 heavy (non-hydrogen) atoms. The summed E-state index contributed by atoms with van der Waals surface area (Å²) < 4.78 is -0.756. The smallest absolute Gasteiger partial charge is 0.328 e. The highest BCUT2D eigenvalue weighted by Gasteiger charge is 2.49. The van der Waals surface area contributed by atoms with Crippen molar-refractivity contribution in [2.75, 3.05) is 0 Å². The van der Waals surface area contributed by atoms with Crippen LogP contribution in [0, 0.1) is 0 Å². The maximum absolute atomic E-state index is 12.4. The lowest BCUT2D eigenvalue weighted by atomic mass is 10.0. The maximum atomic E-state index is 12.4. The van der Waals surface area contributed by atoms with Gasteiger partial charge in [0.15, 0.2) is 6.04 Å². The Balaban J connectivity index is 2.13. The van der Waals surface area contributed by atoms with Gasteiger partial charge in [0, 0.05) is 4.75 Å². The Hall–Kier alpha value is -2.30. The third kappa shape index (κ3) is 4.26. The molecule has 1 aromatic rings. The number of nitrogens with two attached hydrogens (primary N) is 1. The van der Waals surface area contributed by atoms with Gasteiger partial charge in [0.1, 0.15) is 17.8 Å². The molecule has 0 aromatic heterocycles. The lowest BCUT2D eigenvalue weighted by Gasteiger charge is -2.23. The summed E-state index contributed by atoms with van der Waals surface area (Å²) in [5.41, 5.74) is 6.26. The number of benzene rings is 1. The molecule has 0 bridgehead atoms. The third-order valence-electron chi connectivity index (χ3n) is 4.11. The zero-order valence-corrected chi connectivity index (χ0v) is 15.0. The number of amides is 1. The van der Waals surface area contributed by atoms with Gasteiger partial charge in [-0.15, -0.1) is 11.8 Å². The van der Waals surface area contributed by atoms with Crippen molar-refractivity contribution in [1.82, 2.24) is 10.6 Å². The van der Waals surface area contributed by atoms with E-state index in [1.54, 1.807) is 13.8 Å². The average molecular weight is 383 g/mol. The number of hydrogen-bond donors (Lipinski definition) is 6. The fraction of sp³-hybridized carbons (Fsp3) is 0.438. The van der Waals surface area contributed by atoms with E-state index < -0.39 is 46.1 Å². The van der Waals surface area contributed by atoms with Crippen LogP contribution >= 0.6 is 11.8 Å². The Labute approximate surface area is 154 Å². The van der Waals surface area contributed by atoms with E-state index in [1.165, 1.54) is 24.3 Å². The molecule has 9 nitrogen and oxygen atoms in total. The van der Waals surface area contributed by atoms with Crippen molar-refractivity contribution in [3.8, 4) is 5.75 Å². The second-order valence-corrected chi connectivity index (χ2v) is 8.27. The van der Waals surface area contributed by atoms with Gasteiger partial charge in [-0.2, -0.15) is 0 Å². The van der Waals surface area contributed by atoms with Crippen LogP contribution in [0.2, 0.25) is 0 Å². The fourth-order valence-electron chi connectivity index (χ4n) is 2.67. The number of aromatic hydroxyl groups is 1. The van der Waals surface area contributed by atoms with Crippen LogP contribution in [-0.4, -0.2) is 55.4 Å². The van der Waals surface area contributed by atoms with Gasteiger partial charge >= 0.3 is 11.9 Å². The highest BCUT2D eigenvalue weighted by molar-refractivity contribution is 8.01. The summed E-state index contributed by atoms with van der Waals surface area (Å²) in [7, 11) is 0. The Bertz CT molecular complexity index is 708. The first-order valence-electron chi connectivity index (χ1n) is 7.77. The molecule has 1 amide bonds. The van der Waals surface area contributed by atoms with Gasteiger partial charge in [0.05, 0.1) is 5.37 Å². The zero-order valence-electron chi connectivity index (χ0n) is 14.2. The van der Waals surface area contributed by atoms with Crippen LogP contribution in [-0.2, 0) is 14.4 Å². The highest BCUT2D eigenvalue weighted by Crippen LogP contribution is 2.39. The summed E-state index contributed by atoms with van der Waals surface area (Å²) in [5.74, 6) is -3.11. The number of phenols is 1. The van der Waals surface area contributed by atoms with Gasteiger partial charge in [-0.25, -0.2) is 4.79 Å². The van der Waals surface area contributed by atoms with Crippen LogP contribution in [0.1, 0.15) is 25.5 Å². The Morgan fingerprint density at radius 3 is 2.27 bits per heavy atom. The van der Waals surface area contributed by atoms with Crippen LogP contribution in [0.5, 0.6) is 5.75 Å². The molecule has 0 unspecified atom stereocenters. The van der Waals surface area contributed by atoms with E-state index in [1.807, 2.05) is 0 Å². The minimum Gasteiger partial charge on any atom is -0.508 e. The fourth-order valence-corrected chi connectivity index (χ4v) is 4.15. The number of nitrogens with one attached hydrogen (secondary N) is 2. The van der Waals surface area contributed by atoms with Gasteiger partial charge in [0.25, 0.3) is 0 Å². The number of hydrogen-bond acceptors (Lipinski definition) is 7. The molecule has 1 aromatic carbocycles.